The van der Waals surface area contributed by atoms with E-state index in [0.29, 0.717) is 46.6 Å². The molecule has 26 heavy (non-hydrogen) atoms. The number of methoxy groups -OCH3 is 1. The van der Waals surface area contributed by atoms with E-state index in [0.717, 1.165) is 0 Å². The molecule has 134 valence electrons. The molecule has 1 heterocycles. The summed E-state index contributed by atoms with van der Waals surface area (Å²) in [6.07, 6.45) is 2.01. The highest BCUT2D eigenvalue weighted by Crippen LogP contribution is 2.30. The minimum absolute atomic E-state index is 0.201. The first-order valence-electron chi connectivity index (χ1n) is 8.05. The zero-order valence-electron chi connectivity index (χ0n) is 14.2. The van der Waals surface area contributed by atoms with Gasteiger partial charge >= 0.3 is 0 Å². The minimum atomic E-state index is -0.201. The molecule has 0 amide bonds. The van der Waals surface area contributed by atoms with Crippen LogP contribution in [0.25, 0.3) is 0 Å². The third-order valence-electron chi connectivity index (χ3n) is 3.75. The van der Waals surface area contributed by atoms with Gasteiger partial charge in [0.15, 0.2) is 0 Å². The summed E-state index contributed by atoms with van der Waals surface area (Å²) in [5.41, 5.74) is 1.37. The fraction of sp³-hybridized carbons (Fsp3) is 0.158. The first kappa shape index (κ1) is 17.9. The van der Waals surface area contributed by atoms with Gasteiger partial charge in [-0.2, -0.15) is 0 Å². The molecule has 3 aromatic rings. The second kappa shape index (κ2) is 8.49. The van der Waals surface area contributed by atoms with Gasteiger partial charge in [0.1, 0.15) is 29.5 Å². The predicted molar refractivity (Wildman–Crippen MR) is 102 cm³/mol. The number of benzene rings is 2. The molecule has 0 fully saturated rings. The molecule has 0 unspecified atom stereocenters. The van der Waals surface area contributed by atoms with Crippen molar-refractivity contribution in [3.05, 3.63) is 71.3 Å². The fourth-order valence-corrected chi connectivity index (χ4v) is 2.64. The quantitative estimate of drug-likeness (QED) is 0.630. The van der Waals surface area contributed by atoms with Crippen LogP contribution in [0.1, 0.15) is 5.56 Å². The Balaban J connectivity index is 1.65. The van der Waals surface area contributed by atoms with Gasteiger partial charge in [-0.15, -0.1) is 0 Å². The van der Waals surface area contributed by atoms with Crippen LogP contribution in [-0.4, -0.2) is 23.6 Å². The van der Waals surface area contributed by atoms with Gasteiger partial charge in [0.25, 0.3) is 0 Å². The zero-order chi connectivity index (χ0) is 18.4. The highest BCUT2D eigenvalue weighted by Gasteiger charge is 2.06. The van der Waals surface area contributed by atoms with Gasteiger partial charge < -0.3 is 15.4 Å². The number of nitrogens with zero attached hydrogens (tertiary/aromatic N) is 2. The number of halogens is 2. The molecule has 0 aliphatic heterocycles. The van der Waals surface area contributed by atoms with Gasteiger partial charge in [-0.1, -0.05) is 29.8 Å². The monoisotopic (exact) mass is 372 g/mol. The highest BCUT2D eigenvalue weighted by atomic mass is 35.5. The molecule has 0 aliphatic rings. The van der Waals surface area contributed by atoms with Gasteiger partial charge in [-0.05, 0) is 36.2 Å². The number of hydrogen-bond acceptors (Lipinski definition) is 5. The molecule has 2 aromatic carbocycles. The number of ether oxygens (including phenoxy) is 1. The zero-order valence-corrected chi connectivity index (χ0v) is 14.9. The van der Waals surface area contributed by atoms with E-state index in [-0.39, 0.29) is 5.82 Å². The lowest BCUT2D eigenvalue weighted by molar-refractivity contribution is 0.417. The van der Waals surface area contributed by atoms with Gasteiger partial charge in [0, 0.05) is 17.6 Å². The molecule has 7 heteroatoms. The number of aromatic nitrogens is 2. The van der Waals surface area contributed by atoms with Gasteiger partial charge in [-0.3, -0.25) is 0 Å². The lowest BCUT2D eigenvalue weighted by Gasteiger charge is -2.12. The van der Waals surface area contributed by atoms with E-state index in [4.69, 9.17) is 16.3 Å². The van der Waals surface area contributed by atoms with Crippen molar-refractivity contribution >= 4 is 28.9 Å². The summed E-state index contributed by atoms with van der Waals surface area (Å²) in [7, 11) is 1.59. The smallest absolute Gasteiger partial charge is 0.142 e. The van der Waals surface area contributed by atoms with Crippen LogP contribution in [-0.2, 0) is 6.42 Å². The van der Waals surface area contributed by atoms with Crippen LogP contribution in [0.5, 0.6) is 5.75 Å². The highest BCUT2D eigenvalue weighted by molar-refractivity contribution is 6.31. The second-order valence-electron chi connectivity index (χ2n) is 5.53. The number of anilines is 3. The molecule has 2 N–H and O–H groups in total. The third kappa shape index (κ3) is 4.61. The SMILES string of the molecule is COc1ccc(Cl)cc1Nc1cc(NCCc2ccccc2F)ncn1. The lowest BCUT2D eigenvalue weighted by Crippen LogP contribution is -2.08. The summed E-state index contributed by atoms with van der Waals surface area (Å²) in [4.78, 5) is 8.38. The molecule has 1 aromatic heterocycles. The Morgan fingerprint density at radius 1 is 1.08 bits per heavy atom. The van der Waals surface area contributed by atoms with Crippen molar-refractivity contribution < 1.29 is 9.13 Å². The average Bonchev–Trinajstić information content (AvgIpc) is 2.64. The average molecular weight is 373 g/mol. The Kier molecular flexibility index (Phi) is 5.86. The molecule has 0 radical (unpaired) electrons. The van der Waals surface area contributed by atoms with Crippen molar-refractivity contribution in [1.82, 2.24) is 9.97 Å². The Morgan fingerprint density at radius 3 is 2.69 bits per heavy atom. The topological polar surface area (TPSA) is 59.1 Å². The summed E-state index contributed by atoms with van der Waals surface area (Å²) < 4.78 is 19.0. The molecule has 0 saturated heterocycles. The van der Waals surface area contributed by atoms with Gasteiger partial charge in [0.05, 0.1) is 12.8 Å². The van der Waals surface area contributed by atoms with E-state index in [1.807, 2.05) is 6.07 Å². The molecule has 0 saturated carbocycles. The molecule has 5 nitrogen and oxygen atoms in total. The van der Waals surface area contributed by atoms with E-state index < -0.39 is 0 Å². The first-order chi connectivity index (χ1) is 12.7. The summed E-state index contributed by atoms with van der Waals surface area (Å²) in [5.74, 6) is 1.68. The molecule has 3 rings (SSSR count). The van der Waals surface area contributed by atoms with Crippen LogP contribution in [0.3, 0.4) is 0 Å². The van der Waals surface area contributed by atoms with E-state index in [9.17, 15) is 4.39 Å². The Bertz CT molecular complexity index is 891. The van der Waals surface area contributed by atoms with E-state index in [1.54, 1.807) is 43.5 Å². The summed E-state index contributed by atoms with van der Waals surface area (Å²) in [5, 5.41) is 6.92. The third-order valence-corrected chi connectivity index (χ3v) is 3.98. The normalized spacial score (nSPS) is 10.4. The summed E-state index contributed by atoms with van der Waals surface area (Å²) in [6, 6.07) is 13.8. The van der Waals surface area contributed by atoms with Crippen molar-refractivity contribution in [3.8, 4) is 5.75 Å². The van der Waals surface area contributed by atoms with Crippen molar-refractivity contribution in [2.45, 2.75) is 6.42 Å². The maximum atomic E-state index is 13.6. The van der Waals surface area contributed by atoms with Crippen LogP contribution >= 0.6 is 11.6 Å². The Morgan fingerprint density at radius 2 is 1.88 bits per heavy atom. The minimum Gasteiger partial charge on any atom is -0.495 e. The van der Waals surface area contributed by atoms with E-state index in [1.165, 1.54) is 12.4 Å². The van der Waals surface area contributed by atoms with Crippen molar-refractivity contribution in [3.63, 3.8) is 0 Å². The Hall–Kier alpha value is -2.86. The molecule has 0 atom stereocenters. The summed E-state index contributed by atoms with van der Waals surface area (Å²) >= 11 is 6.04. The Labute approximate surface area is 156 Å². The van der Waals surface area contributed by atoms with Crippen molar-refractivity contribution in [2.75, 3.05) is 24.3 Å². The predicted octanol–water partition coefficient (Wildman–Crippen LogP) is 4.68. The van der Waals surface area contributed by atoms with Gasteiger partial charge in [0.2, 0.25) is 0 Å². The number of nitrogens with one attached hydrogen (secondary N) is 2. The van der Waals surface area contributed by atoms with Crippen LogP contribution in [0.15, 0.2) is 54.9 Å². The maximum Gasteiger partial charge on any atom is 0.142 e. The lowest BCUT2D eigenvalue weighted by atomic mass is 10.1. The van der Waals surface area contributed by atoms with E-state index in [2.05, 4.69) is 20.6 Å². The second-order valence-corrected chi connectivity index (χ2v) is 5.96. The van der Waals surface area contributed by atoms with Crippen LogP contribution in [0, 0.1) is 5.82 Å². The van der Waals surface area contributed by atoms with Crippen molar-refractivity contribution in [1.29, 1.82) is 0 Å². The number of rotatable bonds is 7. The van der Waals surface area contributed by atoms with Crippen LogP contribution < -0.4 is 15.4 Å². The molecular formula is C19H18ClFN4O. The largest absolute Gasteiger partial charge is 0.495 e. The maximum absolute atomic E-state index is 13.6. The first-order valence-corrected chi connectivity index (χ1v) is 8.43. The van der Waals surface area contributed by atoms with Crippen LogP contribution in [0.4, 0.5) is 21.7 Å². The van der Waals surface area contributed by atoms with Gasteiger partial charge in [-0.25, -0.2) is 14.4 Å². The van der Waals surface area contributed by atoms with E-state index >= 15 is 0 Å². The fourth-order valence-electron chi connectivity index (χ4n) is 2.46. The van der Waals surface area contributed by atoms with Crippen molar-refractivity contribution in [2.24, 2.45) is 0 Å². The summed E-state index contributed by atoms with van der Waals surface area (Å²) in [6.45, 7) is 0.553. The molecule has 0 aliphatic carbocycles. The molecular weight excluding hydrogens is 355 g/mol. The standard InChI is InChI=1S/C19H18ClFN4O/c1-26-17-7-6-14(20)10-16(17)25-19-11-18(23-12-24-19)22-9-8-13-4-2-3-5-15(13)21/h2-7,10-12H,8-9H2,1H3,(H2,22,23,24,25). The molecule has 0 bridgehead atoms. The molecule has 0 spiro atoms. The number of hydrogen-bond donors (Lipinski definition) is 2. The van der Waals surface area contributed by atoms with Crippen LogP contribution in [0.2, 0.25) is 5.02 Å².